The van der Waals surface area contributed by atoms with Crippen LogP contribution in [0.5, 0.6) is 5.88 Å². The first-order chi connectivity index (χ1) is 12.2. The molecule has 25 heavy (non-hydrogen) atoms. The van der Waals surface area contributed by atoms with E-state index in [2.05, 4.69) is 30.6 Å². The normalized spacial score (nSPS) is 11.6. The number of nitrogens with zero attached hydrogens (tertiary/aromatic N) is 4. The fraction of sp³-hybridized carbons (Fsp3) is 0.176. The molecular formula is C17H17FN6O. The highest BCUT2D eigenvalue weighted by Gasteiger charge is 2.10. The second kappa shape index (κ2) is 7.52. The molecule has 0 aliphatic carbocycles. The first kappa shape index (κ1) is 16.6. The molecule has 0 radical (unpaired) electrons. The van der Waals surface area contributed by atoms with Crippen LogP contribution >= 0.6 is 0 Å². The van der Waals surface area contributed by atoms with E-state index in [4.69, 9.17) is 4.74 Å². The van der Waals surface area contributed by atoms with Crippen LogP contribution in [0.2, 0.25) is 0 Å². The van der Waals surface area contributed by atoms with Crippen LogP contribution in [0.3, 0.4) is 0 Å². The minimum Gasteiger partial charge on any atom is -0.480 e. The highest BCUT2D eigenvalue weighted by molar-refractivity contribution is 5.60. The second-order valence-electron chi connectivity index (χ2n) is 5.22. The van der Waals surface area contributed by atoms with Crippen molar-refractivity contribution in [3.63, 3.8) is 0 Å². The molecule has 3 aromatic heterocycles. The Hall–Kier alpha value is -3.29. The van der Waals surface area contributed by atoms with Gasteiger partial charge in [0.2, 0.25) is 11.8 Å². The van der Waals surface area contributed by atoms with Crippen LogP contribution in [0.25, 0.3) is 0 Å². The maximum absolute atomic E-state index is 13.0. The fourth-order valence-corrected chi connectivity index (χ4v) is 2.21. The Morgan fingerprint density at radius 1 is 1.08 bits per heavy atom. The zero-order valence-electron chi connectivity index (χ0n) is 13.8. The molecule has 1 atom stereocenters. The Morgan fingerprint density at radius 2 is 1.96 bits per heavy atom. The van der Waals surface area contributed by atoms with E-state index in [0.29, 0.717) is 29.0 Å². The zero-order valence-corrected chi connectivity index (χ0v) is 13.8. The number of pyridine rings is 2. The lowest BCUT2D eigenvalue weighted by atomic mass is 10.2. The molecular weight excluding hydrogens is 323 g/mol. The molecule has 0 aliphatic rings. The third-order valence-corrected chi connectivity index (χ3v) is 3.42. The largest absolute Gasteiger partial charge is 0.480 e. The minimum atomic E-state index is -0.366. The predicted molar refractivity (Wildman–Crippen MR) is 92.3 cm³/mol. The van der Waals surface area contributed by atoms with Crippen molar-refractivity contribution in [1.82, 2.24) is 19.9 Å². The molecule has 0 spiro atoms. The predicted octanol–water partition coefficient (Wildman–Crippen LogP) is 3.33. The molecule has 7 nitrogen and oxygen atoms in total. The van der Waals surface area contributed by atoms with E-state index in [-0.39, 0.29) is 11.9 Å². The molecule has 3 heterocycles. The summed E-state index contributed by atoms with van der Waals surface area (Å²) in [6.45, 7) is 1.92. The van der Waals surface area contributed by atoms with Gasteiger partial charge in [-0.25, -0.2) is 14.4 Å². The summed E-state index contributed by atoms with van der Waals surface area (Å²) in [5.41, 5.74) is 1.37. The highest BCUT2D eigenvalue weighted by Crippen LogP contribution is 2.23. The molecule has 2 N–H and O–H groups in total. The molecule has 0 aliphatic heterocycles. The van der Waals surface area contributed by atoms with Gasteiger partial charge in [0.05, 0.1) is 25.0 Å². The van der Waals surface area contributed by atoms with Crippen molar-refractivity contribution >= 4 is 17.5 Å². The number of methoxy groups -OCH3 is 1. The Labute approximate surface area is 144 Å². The maximum atomic E-state index is 13.0. The van der Waals surface area contributed by atoms with Crippen LogP contribution in [0, 0.1) is 5.82 Å². The van der Waals surface area contributed by atoms with Crippen molar-refractivity contribution in [1.29, 1.82) is 0 Å². The summed E-state index contributed by atoms with van der Waals surface area (Å²) in [7, 11) is 1.55. The quantitative estimate of drug-likeness (QED) is 0.712. The Morgan fingerprint density at radius 3 is 2.72 bits per heavy atom. The van der Waals surface area contributed by atoms with E-state index in [1.165, 1.54) is 12.3 Å². The highest BCUT2D eigenvalue weighted by atomic mass is 19.1. The van der Waals surface area contributed by atoms with E-state index in [1.807, 2.05) is 13.0 Å². The van der Waals surface area contributed by atoms with E-state index in [9.17, 15) is 4.39 Å². The number of nitrogens with one attached hydrogen (secondary N) is 2. The molecule has 3 aromatic rings. The van der Waals surface area contributed by atoms with Gasteiger partial charge in [0.15, 0.2) is 0 Å². The topological polar surface area (TPSA) is 84.9 Å². The minimum absolute atomic E-state index is 0.142. The van der Waals surface area contributed by atoms with Crippen LogP contribution in [-0.4, -0.2) is 27.0 Å². The van der Waals surface area contributed by atoms with Crippen LogP contribution in [-0.2, 0) is 0 Å². The smallest absolute Gasteiger partial charge is 0.237 e. The standard InChI is InChI=1S/C17H17FN6O/c1-11(13-6-5-12(18)10-21-13)22-15-7-9-20-17(24-15)23-14-4-3-8-19-16(14)25-2/h3-11H,1-2H3,(H2,20,22,23,24)/t11-/m0/s1. The van der Waals surface area contributed by atoms with Gasteiger partial charge in [-0.05, 0) is 37.3 Å². The van der Waals surface area contributed by atoms with Crippen LogP contribution < -0.4 is 15.4 Å². The summed E-state index contributed by atoms with van der Waals surface area (Å²) in [6.07, 6.45) is 4.46. The fourth-order valence-electron chi connectivity index (χ4n) is 2.21. The lowest BCUT2D eigenvalue weighted by Crippen LogP contribution is -2.10. The van der Waals surface area contributed by atoms with Gasteiger partial charge in [-0.1, -0.05) is 0 Å². The summed E-state index contributed by atoms with van der Waals surface area (Å²) in [6, 6.07) is 8.22. The number of hydrogen-bond acceptors (Lipinski definition) is 7. The van der Waals surface area contributed by atoms with Crippen LogP contribution in [0.1, 0.15) is 18.7 Å². The molecule has 128 valence electrons. The number of ether oxygens (including phenoxy) is 1. The number of hydrogen-bond donors (Lipinski definition) is 2. The van der Waals surface area contributed by atoms with Crippen LogP contribution in [0.15, 0.2) is 48.9 Å². The van der Waals surface area contributed by atoms with E-state index < -0.39 is 0 Å². The Balaban J connectivity index is 1.74. The van der Waals surface area contributed by atoms with Crippen LogP contribution in [0.4, 0.5) is 21.8 Å². The molecule has 3 rings (SSSR count). The van der Waals surface area contributed by atoms with Crippen molar-refractivity contribution in [2.24, 2.45) is 0 Å². The van der Waals surface area contributed by atoms with Crippen molar-refractivity contribution in [3.05, 3.63) is 60.4 Å². The van der Waals surface area contributed by atoms with Crippen molar-refractivity contribution in [2.45, 2.75) is 13.0 Å². The molecule has 0 saturated carbocycles. The lowest BCUT2D eigenvalue weighted by molar-refractivity contribution is 0.400. The first-order valence-corrected chi connectivity index (χ1v) is 7.63. The van der Waals surface area contributed by atoms with E-state index in [1.54, 1.807) is 37.7 Å². The number of rotatable bonds is 6. The summed E-state index contributed by atoms with van der Waals surface area (Å²) < 4.78 is 18.2. The van der Waals surface area contributed by atoms with Crippen molar-refractivity contribution < 1.29 is 9.13 Å². The summed E-state index contributed by atoms with van der Waals surface area (Å²) >= 11 is 0. The summed E-state index contributed by atoms with van der Waals surface area (Å²) in [4.78, 5) is 16.8. The number of anilines is 3. The van der Waals surface area contributed by atoms with Crippen molar-refractivity contribution in [3.8, 4) is 5.88 Å². The third-order valence-electron chi connectivity index (χ3n) is 3.42. The van der Waals surface area contributed by atoms with Gasteiger partial charge in [0, 0.05) is 12.4 Å². The zero-order chi connectivity index (χ0) is 17.6. The monoisotopic (exact) mass is 340 g/mol. The van der Waals surface area contributed by atoms with Gasteiger partial charge in [-0.15, -0.1) is 0 Å². The van der Waals surface area contributed by atoms with E-state index in [0.717, 1.165) is 0 Å². The van der Waals surface area contributed by atoms with Gasteiger partial charge in [0.25, 0.3) is 0 Å². The third kappa shape index (κ3) is 4.17. The molecule has 8 heteroatoms. The molecule has 0 fully saturated rings. The molecule has 0 aromatic carbocycles. The van der Waals surface area contributed by atoms with E-state index >= 15 is 0 Å². The molecule has 0 bridgehead atoms. The Bertz CT molecular complexity index is 843. The first-order valence-electron chi connectivity index (χ1n) is 7.63. The van der Waals surface area contributed by atoms with Gasteiger partial charge < -0.3 is 15.4 Å². The summed E-state index contributed by atoms with van der Waals surface area (Å²) in [5, 5.41) is 6.28. The molecule has 0 amide bonds. The molecule has 0 unspecified atom stereocenters. The van der Waals surface area contributed by atoms with Gasteiger partial charge in [-0.2, -0.15) is 4.98 Å². The van der Waals surface area contributed by atoms with Gasteiger partial charge in [0.1, 0.15) is 17.3 Å². The van der Waals surface area contributed by atoms with Crippen molar-refractivity contribution in [2.75, 3.05) is 17.7 Å². The maximum Gasteiger partial charge on any atom is 0.237 e. The van der Waals surface area contributed by atoms with Gasteiger partial charge in [-0.3, -0.25) is 4.98 Å². The Kier molecular flexibility index (Phi) is 4.98. The summed E-state index contributed by atoms with van der Waals surface area (Å²) in [5.74, 6) is 1.10. The number of halogens is 1. The second-order valence-corrected chi connectivity index (χ2v) is 5.22. The average Bonchev–Trinajstić information content (AvgIpc) is 2.63. The van der Waals surface area contributed by atoms with Gasteiger partial charge >= 0.3 is 0 Å². The average molecular weight is 340 g/mol. The SMILES string of the molecule is COc1ncccc1Nc1nccc(N[C@@H](C)c2ccc(F)cn2)n1. The number of aromatic nitrogens is 4. The lowest BCUT2D eigenvalue weighted by Gasteiger charge is -2.15. The molecule has 0 saturated heterocycles.